The molecule has 1 aromatic heterocycles. The number of carbonyl (C=O) groups is 1. The fraction of sp³-hybridized carbons (Fsp3) is 0.353. The first-order valence-corrected chi connectivity index (χ1v) is 9.32. The number of hydrogen-bond donors (Lipinski definition) is 3. The normalized spacial score (nSPS) is 13.0. The number of amides is 1. The van der Waals surface area contributed by atoms with Gasteiger partial charge >= 0.3 is 0 Å². The second-order valence-electron chi connectivity index (χ2n) is 5.98. The number of anilines is 1. The Morgan fingerprint density at radius 3 is 2.32 bits per heavy atom. The summed E-state index contributed by atoms with van der Waals surface area (Å²) in [6, 6.07) is 9.10. The van der Waals surface area contributed by atoms with Gasteiger partial charge in [-0.15, -0.1) is 0 Å². The van der Waals surface area contributed by atoms with E-state index in [9.17, 15) is 18.3 Å². The molecule has 0 fully saturated rings. The van der Waals surface area contributed by atoms with Crippen LogP contribution in [0.2, 0.25) is 0 Å². The SMILES string of the molecule is Cc1ccc(C(O)CNS(=O)(=O)c2ccc(NC(=O)C(C)C)cc2)o1. The Morgan fingerprint density at radius 1 is 1.16 bits per heavy atom. The zero-order valence-electron chi connectivity index (χ0n) is 14.3. The highest BCUT2D eigenvalue weighted by atomic mass is 32.2. The van der Waals surface area contributed by atoms with E-state index in [-0.39, 0.29) is 23.3 Å². The third-order valence-electron chi connectivity index (χ3n) is 3.51. The van der Waals surface area contributed by atoms with E-state index in [0.717, 1.165) is 0 Å². The Hall–Kier alpha value is -2.16. The van der Waals surface area contributed by atoms with Crippen molar-refractivity contribution in [1.82, 2.24) is 4.72 Å². The maximum atomic E-state index is 12.3. The van der Waals surface area contributed by atoms with E-state index in [1.54, 1.807) is 32.9 Å². The lowest BCUT2D eigenvalue weighted by Crippen LogP contribution is -2.28. The highest BCUT2D eigenvalue weighted by molar-refractivity contribution is 7.89. The molecule has 8 heteroatoms. The molecule has 0 saturated carbocycles. The minimum Gasteiger partial charge on any atom is -0.464 e. The van der Waals surface area contributed by atoms with Crippen molar-refractivity contribution in [3.8, 4) is 0 Å². The number of rotatable bonds is 7. The van der Waals surface area contributed by atoms with Crippen molar-refractivity contribution in [2.45, 2.75) is 31.8 Å². The number of carbonyl (C=O) groups excluding carboxylic acids is 1. The van der Waals surface area contributed by atoms with Crippen molar-refractivity contribution in [2.24, 2.45) is 5.92 Å². The van der Waals surface area contributed by atoms with Crippen molar-refractivity contribution in [1.29, 1.82) is 0 Å². The minimum atomic E-state index is -3.78. The van der Waals surface area contributed by atoms with E-state index in [1.165, 1.54) is 24.3 Å². The summed E-state index contributed by atoms with van der Waals surface area (Å²) in [7, 11) is -3.78. The Kier molecular flexibility index (Phi) is 5.99. The van der Waals surface area contributed by atoms with Gasteiger partial charge in [-0.2, -0.15) is 0 Å². The van der Waals surface area contributed by atoms with Crippen LogP contribution in [0.5, 0.6) is 0 Å². The van der Waals surface area contributed by atoms with Crippen LogP contribution in [-0.2, 0) is 14.8 Å². The topological polar surface area (TPSA) is 109 Å². The molecule has 0 radical (unpaired) electrons. The molecule has 1 heterocycles. The zero-order valence-corrected chi connectivity index (χ0v) is 15.1. The number of sulfonamides is 1. The largest absolute Gasteiger partial charge is 0.464 e. The minimum absolute atomic E-state index is 0.0397. The molecule has 25 heavy (non-hydrogen) atoms. The Balaban J connectivity index is 2.00. The first-order valence-electron chi connectivity index (χ1n) is 7.84. The van der Waals surface area contributed by atoms with Gasteiger partial charge in [0.15, 0.2) is 0 Å². The molecule has 1 atom stereocenters. The molecule has 0 aliphatic rings. The predicted molar refractivity (Wildman–Crippen MR) is 93.5 cm³/mol. The third-order valence-corrected chi connectivity index (χ3v) is 4.95. The van der Waals surface area contributed by atoms with Crippen LogP contribution in [0.4, 0.5) is 5.69 Å². The van der Waals surface area contributed by atoms with Crippen LogP contribution in [0.3, 0.4) is 0 Å². The van der Waals surface area contributed by atoms with Crippen molar-refractivity contribution >= 4 is 21.6 Å². The van der Waals surface area contributed by atoms with Crippen LogP contribution in [0.15, 0.2) is 45.7 Å². The van der Waals surface area contributed by atoms with Crippen molar-refractivity contribution in [2.75, 3.05) is 11.9 Å². The van der Waals surface area contributed by atoms with Crippen molar-refractivity contribution in [3.05, 3.63) is 47.9 Å². The molecule has 2 rings (SSSR count). The molecule has 0 bridgehead atoms. The van der Waals surface area contributed by atoms with Gasteiger partial charge < -0.3 is 14.8 Å². The maximum absolute atomic E-state index is 12.3. The summed E-state index contributed by atoms with van der Waals surface area (Å²) in [6.07, 6.45) is -1.08. The second-order valence-corrected chi connectivity index (χ2v) is 7.75. The number of nitrogens with one attached hydrogen (secondary N) is 2. The van der Waals surface area contributed by atoms with Gasteiger partial charge in [-0.05, 0) is 43.3 Å². The van der Waals surface area contributed by atoms with Crippen LogP contribution in [-0.4, -0.2) is 26.0 Å². The number of aliphatic hydroxyl groups excluding tert-OH is 1. The monoisotopic (exact) mass is 366 g/mol. The lowest BCUT2D eigenvalue weighted by Gasteiger charge is -2.11. The van der Waals surface area contributed by atoms with E-state index in [4.69, 9.17) is 4.42 Å². The van der Waals surface area contributed by atoms with Crippen LogP contribution in [0.1, 0.15) is 31.5 Å². The Bertz CT molecular complexity index is 825. The fourth-order valence-corrected chi connectivity index (χ4v) is 3.05. The van der Waals surface area contributed by atoms with E-state index in [0.29, 0.717) is 17.2 Å². The highest BCUT2D eigenvalue weighted by Gasteiger charge is 2.18. The standard InChI is InChI=1S/C17H22N2O5S/c1-11(2)17(21)19-13-5-7-14(8-6-13)25(22,23)18-10-15(20)16-9-4-12(3)24-16/h4-9,11,15,18,20H,10H2,1-3H3,(H,19,21). The first kappa shape index (κ1) is 19.2. The van der Waals surface area contributed by atoms with E-state index in [1.807, 2.05) is 0 Å². The number of furan rings is 1. The molecule has 1 amide bonds. The predicted octanol–water partition coefficient (Wildman–Crippen LogP) is 2.19. The summed E-state index contributed by atoms with van der Waals surface area (Å²) in [6.45, 7) is 5.06. The second kappa shape index (κ2) is 7.81. The van der Waals surface area contributed by atoms with Crippen LogP contribution in [0.25, 0.3) is 0 Å². The molecule has 136 valence electrons. The molecule has 0 spiro atoms. The summed E-state index contributed by atoms with van der Waals surface area (Å²) >= 11 is 0. The average Bonchev–Trinajstić information content (AvgIpc) is 2.99. The smallest absolute Gasteiger partial charge is 0.240 e. The average molecular weight is 366 g/mol. The summed E-state index contributed by atoms with van der Waals surface area (Å²) < 4.78 is 32.1. The summed E-state index contributed by atoms with van der Waals surface area (Å²) in [4.78, 5) is 11.7. The molecular formula is C17H22N2O5S. The molecule has 3 N–H and O–H groups in total. The lowest BCUT2D eigenvalue weighted by molar-refractivity contribution is -0.118. The van der Waals surface area contributed by atoms with E-state index in [2.05, 4.69) is 10.0 Å². The molecule has 2 aromatic rings. The van der Waals surface area contributed by atoms with Gasteiger partial charge in [0.2, 0.25) is 15.9 Å². The molecule has 7 nitrogen and oxygen atoms in total. The number of hydrogen-bond acceptors (Lipinski definition) is 5. The van der Waals surface area contributed by atoms with Gasteiger partial charge in [0.25, 0.3) is 0 Å². The van der Waals surface area contributed by atoms with Crippen LogP contribution in [0, 0.1) is 12.8 Å². The Morgan fingerprint density at radius 2 is 1.80 bits per heavy atom. The van der Waals surface area contributed by atoms with Gasteiger partial charge in [0, 0.05) is 18.2 Å². The third kappa shape index (κ3) is 5.15. The van der Waals surface area contributed by atoms with Crippen molar-refractivity contribution < 1.29 is 22.7 Å². The number of benzene rings is 1. The molecular weight excluding hydrogens is 344 g/mol. The van der Waals surface area contributed by atoms with Gasteiger partial charge in [-0.3, -0.25) is 4.79 Å². The zero-order chi connectivity index (χ0) is 18.6. The molecule has 1 unspecified atom stereocenters. The number of aliphatic hydroxyl groups is 1. The summed E-state index contributed by atoms with van der Waals surface area (Å²) in [5.74, 6) is 0.616. The van der Waals surface area contributed by atoms with Crippen molar-refractivity contribution in [3.63, 3.8) is 0 Å². The Labute approximate surface area is 147 Å². The van der Waals surface area contributed by atoms with Gasteiger partial charge in [0.05, 0.1) is 4.90 Å². The fourth-order valence-electron chi connectivity index (χ4n) is 2.01. The van der Waals surface area contributed by atoms with Crippen LogP contribution >= 0.6 is 0 Å². The highest BCUT2D eigenvalue weighted by Crippen LogP contribution is 2.18. The molecule has 0 aliphatic carbocycles. The maximum Gasteiger partial charge on any atom is 0.240 e. The quantitative estimate of drug-likeness (QED) is 0.696. The lowest BCUT2D eigenvalue weighted by atomic mass is 10.2. The van der Waals surface area contributed by atoms with Gasteiger partial charge in [-0.1, -0.05) is 13.8 Å². The van der Waals surface area contributed by atoms with E-state index >= 15 is 0 Å². The molecule has 1 aromatic carbocycles. The first-order chi connectivity index (χ1) is 11.7. The molecule has 0 aliphatic heterocycles. The summed E-state index contributed by atoms with van der Waals surface area (Å²) in [5, 5.41) is 12.7. The van der Waals surface area contributed by atoms with Gasteiger partial charge in [0.1, 0.15) is 17.6 Å². The van der Waals surface area contributed by atoms with E-state index < -0.39 is 16.1 Å². The van der Waals surface area contributed by atoms with Gasteiger partial charge in [-0.25, -0.2) is 13.1 Å². The number of aryl methyl sites for hydroxylation is 1. The molecule has 0 saturated heterocycles. The summed E-state index contributed by atoms with van der Waals surface area (Å²) in [5.41, 5.74) is 0.517. The van der Waals surface area contributed by atoms with Crippen LogP contribution < -0.4 is 10.0 Å².